The van der Waals surface area contributed by atoms with Gasteiger partial charge in [0.25, 0.3) is 0 Å². The number of carbonyl (C=O) groups is 1. The van der Waals surface area contributed by atoms with Crippen molar-refractivity contribution in [2.45, 2.75) is 32.9 Å². The molecule has 2 aromatic carbocycles. The number of carbonyl (C=O) groups excluding carboxylic acids is 1. The first-order valence-corrected chi connectivity index (χ1v) is 16.2. The molecule has 0 spiro atoms. The monoisotopic (exact) mass is 649 g/mol. The lowest BCUT2D eigenvalue weighted by Gasteiger charge is -2.38. The minimum absolute atomic E-state index is 0.0435. The second-order valence-electron chi connectivity index (χ2n) is 11.3. The van der Waals surface area contributed by atoms with Crippen molar-refractivity contribution in [3.63, 3.8) is 0 Å². The lowest BCUT2D eigenvalue weighted by molar-refractivity contribution is -0.126. The Bertz CT molecular complexity index is 1570. The fourth-order valence-corrected chi connectivity index (χ4v) is 6.46. The fraction of sp³-hybridized carbons (Fsp3) is 0.471. The lowest BCUT2D eigenvalue weighted by Crippen LogP contribution is -2.49. The highest BCUT2D eigenvalue weighted by Crippen LogP contribution is 2.37. The summed E-state index contributed by atoms with van der Waals surface area (Å²) in [6.45, 7) is 10.4. The van der Waals surface area contributed by atoms with Crippen LogP contribution < -0.4 is 14.5 Å². The molecule has 3 aliphatic rings. The van der Waals surface area contributed by atoms with Gasteiger partial charge in [-0.3, -0.25) is 9.69 Å². The molecule has 4 heterocycles. The van der Waals surface area contributed by atoms with Crippen LogP contribution >= 0.6 is 11.6 Å². The molecule has 1 amide bonds. The standard InChI is InChI=1S/C32H38ClFN6O3.C2H3N/c1-2-37-18-19-42-24(20-37)22-43-32-35-27-21-40(28-9-4-7-23-6-3-8-26(33)30(23)28)13-11-25(27)31(36-32)39-16-14-38(15-17-39)29(41)10-5-12-34;1-2-3/h3-10,24H,2,11-22H2,1H3;1H3/b10-5+;. The van der Waals surface area contributed by atoms with E-state index >= 15 is 0 Å². The molecular formula is C34H41ClFN7O3. The Labute approximate surface area is 274 Å². The molecule has 0 N–H and O–H groups in total. The van der Waals surface area contributed by atoms with E-state index < -0.39 is 6.67 Å². The van der Waals surface area contributed by atoms with Gasteiger partial charge in [-0.15, -0.1) is 0 Å². The number of rotatable bonds is 8. The van der Waals surface area contributed by atoms with Gasteiger partial charge in [-0.25, -0.2) is 4.39 Å². The number of hydrogen-bond donors (Lipinski definition) is 0. The molecule has 0 aliphatic carbocycles. The third-order valence-corrected chi connectivity index (χ3v) is 8.82. The van der Waals surface area contributed by atoms with Crippen LogP contribution in [0.15, 0.2) is 48.6 Å². The number of ether oxygens (including phenoxy) is 2. The largest absolute Gasteiger partial charge is 0.461 e. The van der Waals surface area contributed by atoms with Gasteiger partial charge in [-0.05, 0) is 36.6 Å². The van der Waals surface area contributed by atoms with Crippen molar-refractivity contribution in [2.75, 3.05) is 82.0 Å². The highest BCUT2D eigenvalue weighted by Gasteiger charge is 2.30. The number of nitrogens with zero attached hydrogens (tertiary/aromatic N) is 7. The molecule has 0 radical (unpaired) electrons. The number of nitriles is 1. The number of benzene rings is 2. The smallest absolute Gasteiger partial charge is 0.318 e. The summed E-state index contributed by atoms with van der Waals surface area (Å²) in [5.41, 5.74) is 3.12. The number of amides is 1. The van der Waals surface area contributed by atoms with E-state index in [0.29, 0.717) is 51.9 Å². The minimum atomic E-state index is -0.647. The number of fused-ring (bicyclic) bond motifs is 2. The Hall–Kier alpha value is -3.98. The second-order valence-corrected chi connectivity index (χ2v) is 11.7. The molecule has 0 saturated carbocycles. The lowest BCUT2D eigenvalue weighted by atomic mass is 10.0. The Morgan fingerprint density at radius 3 is 2.63 bits per heavy atom. The molecule has 3 aliphatic heterocycles. The summed E-state index contributed by atoms with van der Waals surface area (Å²) in [6.07, 6.45) is 3.29. The SMILES string of the molecule is CC#N.CCN1CCOC(COc2nc3c(c(N4CCN(C(=O)/C=C/CF)CC4)n2)CCN(c2cccc4cccc(Cl)c24)C3)C1. The van der Waals surface area contributed by atoms with Gasteiger partial charge in [-0.1, -0.05) is 42.8 Å². The summed E-state index contributed by atoms with van der Waals surface area (Å²) in [4.78, 5) is 30.9. The van der Waals surface area contributed by atoms with Gasteiger partial charge in [-0.2, -0.15) is 15.2 Å². The fourth-order valence-electron chi connectivity index (χ4n) is 6.19. The van der Waals surface area contributed by atoms with E-state index in [2.05, 4.69) is 45.9 Å². The number of anilines is 2. The number of allylic oxidation sites excluding steroid dienone is 1. The van der Waals surface area contributed by atoms with Crippen LogP contribution in [0.4, 0.5) is 15.9 Å². The van der Waals surface area contributed by atoms with Gasteiger partial charge in [0.05, 0.1) is 29.9 Å². The first kappa shape index (κ1) is 33.4. The summed E-state index contributed by atoms with van der Waals surface area (Å²) < 4.78 is 24.7. The molecule has 1 atom stereocenters. The van der Waals surface area contributed by atoms with E-state index in [-0.39, 0.29) is 12.0 Å². The van der Waals surface area contributed by atoms with Crippen molar-refractivity contribution in [2.24, 2.45) is 0 Å². The first-order chi connectivity index (χ1) is 22.4. The molecular weight excluding hydrogens is 609 g/mol. The van der Waals surface area contributed by atoms with Crippen LogP contribution in [0, 0.1) is 11.3 Å². The van der Waals surface area contributed by atoms with Crippen molar-refractivity contribution < 1.29 is 18.7 Å². The van der Waals surface area contributed by atoms with E-state index in [1.807, 2.05) is 12.1 Å². The Morgan fingerprint density at radius 1 is 1.13 bits per heavy atom. The number of piperazine rings is 1. The third kappa shape index (κ3) is 7.86. The first-order valence-electron chi connectivity index (χ1n) is 15.8. The number of morpholine rings is 1. The van der Waals surface area contributed by atoms with E-state index in [4.69, 9.17) is 36.3 Å². The van der Waals surface area contributed by atoms with Gasteiger partial charge in [0.2, 0.25) is 5.91 Å². The average Bonchev–Trinajstić information content (AvgIpc) is 3.09. The predicted molar refractivity (Wildman–Crippen MR) is 178 cm³/mol. The summed E-state index contributed by atoms with van der Waals surface area (Å²) >= 11 is 6.69. The third-order valence-electron chi connectivity index (χ3n) is 8.50. The average molecular weight is 650 g/mol. The van der Waals surface area contributed by atoms with Gasteiger partial charge in [0.1, 0.15) is 25.2 Å². The van der Waals surface area contributed by atoms with E-state index in [0.717, 1.165) is 71.2 Å². The van der Waals surface area contributed by atoms with Gasteiger partial charge in [0.15, 0.2) is 0 Å². The van der Waals surface area contributed by atoms with Crippen LogP contribution in [0.25, 0.3) is 10.8 Å². The predicted octanol–water partition coefficient (Wildman–Crippen LogP) is 4.65. The number of likely N-dealkylation sites (N-methyl/N-ethyl adjacent to an activating group) is 1. The van der Waals surface area contributed by atoms with Crippen molar-refractivity contribution >= 4 is 39.8 Å². The summed E-state index contributed by atoms with van der Waals surface area (Å²) in [5, 5.41) is 10.2. The highest BCUT2D eigenvalue weighted by molar-refractivity contribution is 6.36. The quantitative estimate of drug-likeness (QED) is 0.323. The summed E-state index contributed by atoms with van der Waals surface area (Å²) in [5.74, 6) is 0.700. The van der Waals surface area contributed by atoms with E-state index in [1.165, 1.54) is 19.1 Å². The zero-order valence-corrected chi connectivity index (χ0v) is 27.3. The molecule has 1 aromatic heterocycles. The van der Waals surface area contributed by atoms with Crippen molar-refractivity contribution in [1.29, 1.82) is 5.26 Å². The van der Waals surface area contributed by atoms with Crippen molar-refractivity contribution in [3.8, 4) is 12.1 Å². The zero-order valence-electron chi connectivity index (χ0n) is 26.5. The topological polar surface area (TPSA) is 98.1 Å². The molecule has 3 aromatic rings. The van der Waals surface area contributed by atoms with Crippen molar-refractivity contribution in [3.05, 3.63) is 64.8 Å². The van der Waals surface area contributed by atoms with Crippen LogP contribution in [-0.4, -0.2) is 104 Å². The Balaban J connectivity index is 0.00000134. The van der Waals surface area contributed by atoms with Crippen LogP contribution in [-0.2, 0) is 22.5 Å². The maximum absolute atomic E-state index is 12.5. The number of hydrogen-bond acceptors (Lipinski definition) is 9. The molecule has 244 valence electrons. The van der Waals surface area contributed by atoms with Crippen LogP contribution in [0.1, 0.15) is 25.1 Å². The van der Waals surface area contributed by atoms with E-state index in [1.54, 1.807) is 11.0 Å². The van der Waals surface area contributed by atoms with Gasteiger partial charge in [0, 0.05) is 75.5 Å². The number of aromatic nitrogens is 2. The number of halogens is 2. The summed E-state index contributed by atoms with van der Waals surface area (Å²) in [7, 11) is 0. The van der Waals surface area contributed by atoms with E-state index in [9.17, 15) is 9.18 Å². The Kier molecular flexibility index (Phi) is 11.6. The van der Waals surface area contributed by atoms with Crippen LogP contribution in [0.2, 0.25) is 5.02 Å². The molecule has 2 fully saturated rings. The zero-order chi connectivity index (χ0) is 32.5. The molecule has 0 bridgehead atoms. The molecule has 46 heavy (non-hydrogen) atoms. The molecule has 1 unspecified atom stereocenters. The Morgan fingerprint density at radius 2 is 1.89 bits per heavy atom. The van der Waals surface area contributed by atoms with Crippen molar-refractivity contribution in [1.82, 2.24) is 19.8 Å². The second kappa shape index (κ2) is 16.0. The van der Waals surface area contributed by atoms with Gasteiger partial charge < -0.3 is 24.2 Å². The molecule has 6 rings (SSSR count). The number of alkyl halides is 1. The summed E-state index contributed by atoms with van der Waals surface area (Å²) in [6, 6.07) is 14.3. The van der Waals surface area contributed by atoms with Crippen LogP contribution in [0.3, 0.4) is 0 Å². The highest BCUT2D eigenvalue weighted by atomic mass is 35.5. The minimum Gasteiger partial charge on any atom is -0.461 e. The molecule has 2 saturated heterocycles. The van der Waals surface area contributed by atoms with Crippen LogP contribution in [0.5, 0.6) is 6.01 Å². The van der Waals surface area contributed by atoms with Gasteiger partial charge >= 0.3 is 6.01 Å². The maximum Gasteiger partial charge on any atom is 0.318 e. The maximum atomic E-state index is 12.5. The normalized spacial score (nSPS) is 18.6. The molecule has 12 heteroatoms. The molecule has 10 nitrogen and oxygen atoms in total.